The Balaban J connectivity index is 1.96. The second kappa shape index (κ2) is 7.13. The highest BCUT2D eigenvalue weighted by atomic mass is 35.5. The Kier molecular flexibility index (Phi) is 4.82. The van der Waals surface area contributed by atoms with Crippen LogP contribution in [0, 0.1) is 0 Å². The van der Waals surface area contributed by atoms with E-state index in [-0.39, 0.29) is 12.5 Å². The molecule has 140 valence electrons. The number of amides is 1. The zero-order valence-electron chi connectivity index (χ0n) is 14.3. The third kappa shape index (κ3) is 3.08. The normalized spacial score (nSPS) is 13.9. The number of rotatable bonds is 3. The molecular formula is C19H17Cl2N3O3. The molecule has 3 aromatic rings. The maximum Gasteiger partial charge on any atom is 0.248 e. The molecule has 3 N–H and O–H groups in total. The third-order valence-corrected chi connectivity index (χ3v) is 5.71. The van der Waals surface area contributed by atoms with Crippen LogP contribution in [-0.4, -0.2) is 44.1 Å². The molecular weight excluding hydrogens is 389 g/mol. The van der Waals surface area contributed by atoms with Crippen LogP contribution in [0.4, 0.5) is 0 Å². The van der Waals surface area contributed by atoms with Gasteiger partial charge in [0, 0.05) is 54.1 Å². The molecule has 0 spiro atoms. The predicted octanol–water partition coefficient (Wildman–Crippen LogP) is 2.91. The number of carbonyl (C=O) groups excluding carboxylic acids is 1. The van der Waals surface area contributed by atoms with Crippen molar-refractivity contribution in [2.75, 3.05) is 13.2 Å². The molecule has 0 saturated carbocycles. The van der Waals surface area contributed by atoms with Gasteiger partial charge in [-0.3, -0.25) is 9.78 Å². The Hall–Kier alpha value is -2.12. The fourth-order valence-electron chi connectivity index (χ4n) is 3.60. The maximum absolute atomic E-state index is 12.0. The van der Waals surface area contributed by atoms with Crippen LogP contribution in [-0.2, 0) is 24.4 Å². The average Bonchev–Trinajstić information content (AvgIpc) is 3.09. The number of nitrogens with one attached hydrogen (secondary N) is 1. The van der Waals surface area contributed by atoms with Crippen molar-refractivity contribution < 1.29 is 15.0 Å². The summed E-state index contributed by atoms with van der Waals surface area (Å²) in [6.07, 6.45) is 3.95. The standard InChI is InChI=1S/C19H17Cl2N3O3/c20-14-4-12(11-3-10(8-25)5-22-6-11)17-13-7-24(16(27)9-26)2-1-15(13)23-19(17)18(14)21/h3-6,23,25-26H,1-2,7-9H2. The summed E-state index contributed by atoms with van der Waals surface area (Å²) in [5.74, 6) is -0.305. The molecule has 0 atom stereocenters. The van der Waals surface area contributed by atoms with Crippen molar-refractivity contribution in [3.8, 4) is 11.1 Å². The van der Waals surface area contributed by atoms with E-state index in [2.05, 4.69) is 9.97 Å². The van der Waals surface area contributed by atoms with Crippen LogP contribution >= 0.6 is 23.2 Å². The first-order valence-electron chi connectivity index (χ1n) is 8.48. The third-order valence-electron chi connectivity index (χ3n) is 4.92. The smallest absolute Gasteiger partial charge is 0.248 e. The first kappa shape index (κ1) is 18.3. The number of fused-ring (bicyclic) bond motifs is 3. The molecule has 0 unspecified atom stereocenters. The first-order valence-corrected chi connectivity index (χ1v) is 9.24. The van der Waals surface area contributed by atoms with Gasteiger partial charge in [-0.25, -0.2) is 0 Å². The second-order valence-electron chi connectivity index (χ2n) is 6.52. The van der Waals surface area contributed by atoms with Crippen LogP contribution in [0.2, 0.25) is 10.0 Å². The molecule has 6 nitrogen and oxygen atoms in total. The Morgan fingerprint density at radius 1 is 1.26 bits per heavy atom. The van der Waals surface area contributed by atoms with Crippen LogP contribution in [0.1, 0.15) is 16.8 Å². The lowest BCUT2D eigenvalue weighted by Gasteiger charge is -2.27. The van der Waals surface area contributed by atoms with Crippen molar-refractivity contribution in [2.24, 2.45) is 0 Å². The molecule has 1 amide bonds. The van der Waals surface area contributed by atoms with E-state index in [1.807, 2.05) is 6.07 Å². The highest BCUT2D eigenvalue weighted by Crippen LogP contribution is 2.42. The molecule has 2 aromatic heterocycles. The van der Waals surface area contributed by atoms with E-state index in [1.54, 1.807) is 23.4 Å². The SMILES string of the molecule is O=C(CO)N1CCc2[nH]c3c(Cl)c(Cl)cc(-c4cncc(CO)c4)c3c2C1. The largest absolute Gasteiger partial charge is 0.392 e. The summed E-state index contributed by atoms with van der Waals surface area (Å²) in [5.41, 5.74) is 5.00. The van der Waals surface area contributed by atoms with Gasteiger partial charge >= 0.3 is 0 Å². The Morgan fingerprint density at radius 3 is 2.81 bits per heavy atom. The summed E-state index contributed by atoms with van der Waals surface area (Å²) in [5, 5.41) is 20.4. The molecule has 4 rings (SSSR count). The Morgan fingerprint density at radius 2 is 2.07 bits per heavy atom. The average molecular weight is 406 g/mol. The highest BCUT2D eigenvalue weighted by molar-refractivity contribution is 6.45. The summed E-state index contributed by atoms with van der Waals surface area (Å²) in [7, 11) is 0. The number of pyridine rings is 1. The van der Waals surface area contributed by atoms with Gasteiger partial charge in [-0.2, -0.15) is 0 Å². The molecule has 0 fully saturated rings. The minimum atomic E-state index is -0.514. The summed E-state index contributed by atoms with van der Waals surface area (Å²) < 4.78 is 0. The van der Waals surface area contributed by atoms with E-state index in [1.165, 1.54) is 0 Å². The lowest BCUT2D eigenvalue weighted by molar-refractivity contribution is -0.135. The zero-order chi connectivity index (χ0) is 19.1. The van der Waals surface area contributed by atoms with Crippen molar-refractivity contribution in [3.63, 3.8) is 0 Å². The van der Waals surface area contributed by atoms with Crippen LogP contribution in [0.3, 0.4) is 0 Å². The number of nitrogens with zero attached hydrogens (tertiary/aromatic N) is 2. The predicted molar refractivity (Wildman–Crippen MR) is 104 cm³/mol. The first-order chi connectivity index (χ1) is 13.0. The van der Waals surface area contributed by atoms with Crippen molar-refractivity contribution in [1.82, 2.24) is 14.9 Å². The van der Waals surface area contributed by atoms with Crippen LogP contribution < -0.4 is 0 Å². The van der Waals surface area contributed by atoms with Crippen molar-refractivity contribution >= 4 is 40.0 Å². The van der Waals surface area contributed by atoms with Crippen LogP contribution in [0.5, 0.6) is 0 Å². The van der Waals surface area contributed by atoms with Crippen LogP contribution in [0.25, 0.3) is 22.0 Å². The number of H-pyrrole nitrogens is 1. The number of aliphatic hydroxyl groups is 2. The van der Waals surface area contributed by atoms with Crippen molar-refractivity contribution in [2.45, 2.75) is 19.6 Å². The number of carbonyl (C=O) groups is 1. The maximum atomic E-state index is 12.0. The zero-order valence-corrected chi connectivity index (χ0v) is 15.8. The molecule has 3 heterocycles. The fraction of sp³-hybridized carbons (Fsp3) is 0.263. The number of aromatic amines is 1. The minimum absolute atomic E-state index is 0.116. The fourth-order valence-corrected chi connectivity index (χ4v) is 4.00. The topological polar surface area (TPSA) is 89.5 Å². The highest BCUT2D eigenvalue weighted by Gasteiger charge is 2.27. The van der Waals surface area contributed by atoms with Gasteiger partial charge in [0.1, 0.15) is 6.61 Å². The van der Waals surface area contributed by atoms with Gasteiger partial charge in [-0.1, -0.05) is 23.2 Å². The summed E-state index contributed by atoms with van der Waals surface area (Å²) in [4.78, 5) is 21.2. The lowest BCUT2D eigenvalue weighted by atomic mass is 9.96. The monoisotopic (exact) mass is 405 g/mol. The van der Waals surface area contributed by atoms with Gasteiger partial charge in [0.2, 0.25) is 5.91 Å². The number of hydrogen-bond donors (Lipinski definition) is 3. The second-order valence-corrected chi connectivity index (χ2v) is 7.30. The lowest BCUT2D eigenvalue weighted by Crippen LogP contribution is -2.37. The summed E-state index contributed by atoms with van der Waals surface area (Å²) >= 11 is 12.8. The number of halogens is 2. The Bertz CT molecular complexity index is 1050. The number of hydrogen-bond acceptors (Lipinski definition) is 4. The van der Waals surface area contributed by atoms with Gasteiger partial charge in [0.25, 0.3) is 0 Å². The van der Waals surface area contributed by atoms with Crippen molar-refractivity contribution in [1.29, 1.82) is 0 Å². The molecule has 0 radical (unpaired) electrons. The molecule has 0 aliphatic carbocycles. The minimum Gasteiger partial charge on any atom is -0.392 e. The number of benzene rings is 1. The van der Waals surface area contributed by atoms with Crippen LogP contribution in [0.15, 0.2) is 24.5 Å². The van der Waals surface area contributed by atoms with Gasteiger partial charge in [-0.05, 0) is 23.3 Å². The molecule has 1 aromatic carbocycles. The molecule has 0 bridgehead atoms. The Labute approximate surface area is 165 Å². The molecule has 1 aliphatic heterocycles. The molecule has 8 heteroatoms. The van der Waals surface area contributed by atoms with E-state index in [0.717, 1.165) is 33.3 Å². The summed E-state index contributed by atoms with van der Waals surface area (Å²) in [6, 6.07) is 3.64. The molecule has 0 saturated heterocycles. The van der Waals surface area contributed by atoms with E-state index in [9.17, 15) is 15.0 Å². The van der Waals surface area contributed by atoms with Gasteiger partial charge in [-0.15, -0.1) is 0 Å². The van der Waals surface area contributed by atoms with E-state index in [4.69, 9.17) is 23.2 Å². The van der Waals surface area contributed by atoms with E-state index < -0.39 is 6.61 Å². The van der Waals surface area contributed by atoms with Gasteiger partial charge in [0.15, 0.2) is 0 Å². The quantitative estimate of drug-likeness (QED) is 0.624. The molecule has 1 aliphatic rings. The number of aromatic nitrogens is 2. The van der Waals surface area contributed by atoms with Gasteiger partial charge in [0.05, 0.1) is 22.2 Å². The summed E-state index contributed by atoms with van der Waals surface area (Å²) in [6.45, 7) is 0.281. The van der Waals surface area contributed by atoms with Crippen molar-refractivity contribution in [3.05, 3.63) is 51.4 Å². The van der Waals surface area contributed by atoms with Gasteiger partial charge < -0.3 is 20.1 Å². The van der Waals surface area contributed by atoms with E-state index in [0.29, 0.717) is 35.1 Å². The van der Waals surface area contributed by atoms with E-state index >= 15 is 0 Å². The molecule has 27 heavy (non-hydrogen) atoms. The number of aliphatic hydroxyl groups excluding tert-OH is 2.